The summed E-state index contributed by atoms with van der Waals surface area (Å²) in [6.45, 7) is 6.31. The Morgan fingerprint density at radius 3 is 2.73 bits per heavy atom. The molecule has 0 spiro atoms. The van der Waals surface area contributed by atoms with Crippen molar-refractivity contribution in [1.29, 1.82) is 0 Å². The molecule has 0 unspecified atom stereocenters. The SMILES string of the molecule is CCCc1cnc(C(C)C)o1. The number of hydrogen-bond donors (Lipinski definition) is 0. The Kier molecular flexibility index (Phi) is 2.69. The molecular weight excluding hydrogens is 138 g/mol. The molecular formula is C9H15NO. The van der Waals surface area contributed by atoms with E-state index in [1.165, 1.54) is 0 Å². The summed E-state index contributed by atoms with van der Waals surface area (Å²) < 4.78 is 5.47. The first kappa shape index (κ1) is 8.31. The highest BCUT2D eigenvalue weighted by atomic mass is 16.4. The van der Waals surface area contributed by atoms with Crippen LogP contribution in [0.5, 0.6) is 0 Å². The predicted octanol–water partition coefficient (Wildman–Crippen LogP) is 2.75. The average molecular weight is 153 g/mol. The van der Waals surface area contributed by atoms with Crippen LogP contribution in [0.2, 0.25) is 0 Å². The number of oxazole rings is 1. The third kappa shape index (κ3) is 2.07. The Morgan fingerprint density at radius 1 is 1.55 bits per heavy atom. The Bertz CT molecular complexity index is 215. The monoisotopic (exact) mass is 153 g/mol. The van der Waals surface area contributed by atoms with Gasteiger partial charge >= 0.3 is 0 Å². The van der Waals surface area contributed by atoms with Gasteiger partial charge in [-0.2, -0.15) is 0 Å². The van der Waals surface area contributed by atoms with E-state index < -0.39 is 0 Å². The minimum absolute atomic E-state index is 0.403. The van der Waals surface area contributed by atoms with Gasteiger partial charge in [-0.25, -0.2) is 4.98 Å². The molecule has 11 heavy (non-hydrogen) atoms. The summed E-state index contributed by atoms with van der Waals surface area (Å²) in [5.41, 5.74) is 0. The average Bonchev–Trinajstić information content (AvgIpc) is 2.37. The van der Waals surface area contributed by atoms with E-state index in [1.807, 2.05) is 6.20 Å². The molecule has 0 saturated carbocycles. The van der Waals surface area contributed by atoms with Crippen molar-refractivity contribution < 1.29 is 4.42 Å². The number of aromatic nitrogens is 1. The van der Waals surface area contributed by atoms with Gasteiger partial charge in [-0.15, -0.1) is 0 Å². The molecule has 0 aliphatic rings. The highest BCUT2D eigenvalue weighted by Crippen LogP contribution is 2.14. The van der Waals surface area contributed by atoms with Crippen molar-refractivity contribution in [3.8, 4) is 0 Å². The fourth-order valence-corrected chi connectivity index (χ4v) is 0.952. The van der Waals surface area contributed by atoms with E-state index in [1.54, 1.807) is 0 Å². The van der Waals surface area contributed by atoms with Gasteiger partial charge in [-0.05, 0) is 6.42 Å². The third-order valence-electron chi connectivity index (χ3n) is 1.56. The molecule has 0 bridgehead atoms. The Hall–Kier alpha value is -0.790. The molecule has 0 atom stereocenters. The summed E-state index contributed by atoms with van der Waals surface area (Å²) in [7, 11) is 0. The smallest absolute Gasteiger partial charge is 0.196 e. The van der Waals surface area contributed by atoms with E-state index >= 15 is 0 Å². The summed E-state index contributed by atoms with van der Waals surface area (Å²) in [6.07, 6.45) is 3.95. The van der Waals surface area contributed by atoms with Gasteiger partial charge in [0, 0.05) is 12.3 Å². The molecule has 0 aromatic carbocycles. The highest BCUT2D eigenvalue weighted by Gasteiger charge is 2.05. The lowest BCUT2D eigenvalue weighted by Crippen LogP contribution is -1.84. The summed E-state index contributed by atoms with van der Waals surface area (Å²) in [5, 5.41) is 0. The van der Waals surface area contributed by atoms with Gasteiger partial charge in [-0.3, -0.25) is 0 Å². The van der Waals surface area contributed by atoms with E-state index in [-0.39, 0.29) is 0 Å². The van der Waals surface area contributed by atoms with E-state index in [0.29, 0.717) is 5.92 Å². The molecule has 1 rings (SSSR count). The van der Waals surface area contributed by atoms with Crippen LogP contribution in [0.3, 0.4) is 0 Å². The van der Waals surface area contributed by atoms with Crippen LogP contribution < -0.4 is 0 Å². The molecule has 0 N–H and O–H groups in total. The molecule has 0 aliphatic heterocycles. The van der Waals surface area contributed by atoms with Gasteiger partial charge in [0.05, 0.1) is 6.20 Å². The van der Waals surface area contributed by atoms with Crippen molar-refractivity contribution in [3.63, 3.8) is 0 Å². The summed E-state index contributed by atoms with van der Waals surface area (Å²) in [4.78, 5) is 4.17. The second-order valence-electron chi connectivity index (χ2n) is 3.07. The summed E-state index contributed by atoms with van der Waals surface area (Å²) >= 11 is 0. The number of aryl methyl sites for hydroxylation is 1. The second kappa shape index (κ2) is 3.56. The lowest BCUT2D eigenvalue weighted by Gasteiger charge is -1.95. The van der Waals surface area contributed by atoms with E-state index in [2.05, 4.69) is 25.8 Å². The maximum absolute atomic E-state index is 5.47. The highest BCUT2D eigenvalue weighted by molar-refractivity contribution is 4.96. The first-order valence-corrected chi connectivity index (χ1v) is 4.18. The van der Waals surface area contributed by atoms with Crippen molar-refractivity contribution in [2.45, 2.75) is 39.5 Å². The largest absolute Gasteiger partial charge is 0.445 e. The zero-order chi connectivity index (χ0) is 8.27. The minimum atomic E-state index is 0.403. The van der Waals surface area contributed by atoms with Crippen LogP contribution >= 0.6 is 0 Å². The zero-order valence-electron chi connectivity index (χ0n) is 7.42. The van der Waals surface area contributed by atoms with Gasteiger partial charge in [-0.1, -0.05) is 20.8 Å². The van der Waals surface area contributed by atoms with Crippen molar-refractivity contribution in [3.05, 3.63) is 17.8 Å². The normalized spacial score (nSPS) is 10.9. The quantitative estimate of drug-likeness (QED) is 0.667. The van der Waals surface area contributed by atoms with Crippen LogP contribution in [0.1, 0.15) is 44.8 Å². The van der Waals surface area contributed by atoms with Gasteiger partial charge < -0.3 is 4.42 Å². The van der Waals surface area contributed by atoms with Gasteiger partial charge in [0.15, 0.2) is 5.89 Å². The maximum Gasteiger partial charge on any atom is 0.196 e. The zero-order valence-corrected chi connectivity index (χ0v) is 7.42. The number of nitrogens with zero attached hydrogens (tertiary/aromatic N) is 1. The Morgan fingerprint density at radius 2 is 2.27 bits per heavy atom. The summed E-state index contributed by atoms with van der Waals surface area (Å²) in [6, 6.07) is 0. The van der Waals surface area contributed by atoms with Crippen LogP contribution in [0, 0.1) is 0 Å². The van der Waals surface area contributed by atoms with E-state index in [9.17, 15) is 0 Å². The molecule has 1 aromatic heterocycles. The molecule has 0 aliphatic carbocycles. The number of hydrogen-bond acceptors (Lipinski definition) is 2. The molecule has 0 saturated heterocycles. The van der Waals surface area contributed by atoms with Crippen LogP contribution in [0.4, 0.5) is 0 Å². The molecule has 0 amide bonds. The topological polar surface area (TPSA) is 26.0 Å². The Labute approximate surface area is 67.6 Å². The van der Waals surface area contributed by atoms with Crippen molar-refractivity contribution >= 4 is 0 Å². The second-order valence-corrected chi connectivity index (χ2v) is 3.07. The lowest BCUT2D eigenvalue weighted by molar-refractivity contribution is 0.434. The molecule has 2 heteroatoms. The van der Waals surface area contributed by atoms with Gasteiger partial charge in [0.2, 0.25) is 0 Å². The van der Waals surface area contributed by atoms with Crippen molar-refractivity contribution in [2.24, 2.45) is 0 Å². The molecule has 62 valence electrons. The van der Waals surface area contributed by atoms with Crippen LogP contribution in [-0.4, -0.2) is 4.98 Å². The van der Waals surface area contributed by atoms with Crippen LogP contribution in [-0.2, 0) is 6.42 Å². The fourth-order valence-electron chi connectivity index (χ4n) is 0.952. The molecule has 0 fully saturated rings. The van der Waals surface area contributed by atoms with E-state index in [0.717, 1.165) is 24.5 Å². The summed E-state index contributed by atoms with van der Waals surface area (Å²) in [5.74, 6) is 2.27. The van der Waals surface area contributed by atoms with Crippen molar-refractivity contribution in [2.75, 3.05) is 0 Å². The Balaban J connectivity index is 2.66. The standard InChI is InChI=1S/C9H15NO/c1-4-5-8-6-10-9(11-8)7(2)3/h6-7H,4-5H2,1-3H3. The molecule has 1 heterocycles. The molecule has 1 aromatic rings. The van der Waals surface area contributed by atoms with E-state index in [4.69, 9.17) is 4.42 Å². The molecule has 0 radical (unpaired) electrons. The minimum Gasteiger partial charge on any atom is -0.445 e. The van der Waals surface area contributed by atoms with Crippen LogP contribution in [0.25, 0.3) is 0 Å². The third-order valence-corrected chi connectivity index (χ3v) is 1.56. The van der Waals surface area contributed by atoms with Crippen molar-refractivity contribution in [1.82, 2.24) is 4.98 Å². The first-order valence-electron chi connectivity index (χ1n) is 4.18. The lowest BCUT2D eigenvalue weighted by atomic mass is 10.2. The van der Waals surface area contributed by atoms with Gasteiger partial charge in [0.25, 0.3) is 0 Å². The predicted molar refractivity (Wildman–Crippen MR) is 44.6 cm³/mol. The molecule has 2 nitrogen and oxygen atoms in total. The van der Waals surface area contributed by atoms with Crippen LogP contribution in [0.15, 0.2) is 10.6 Å². The van der Waals surface area contributed by atoms with Gasteiger partial charge in [0.1, 0.15) is 5.76 Å². The maximum atomic E-state index is 5.47. The first-order chi connectivity index (χ1) is 5.24. The fraction of sp³-hybridized carbons (Fsp3) is 0.667. The number of rotatable bonds is 3.